The van der Waals surface area contributed by atoms with Gasteiger partial charge in [0.25, 0.3) is 11.9 Å². The molecule has 1 aromatic heterocycles. The van der Waals surface area contributed by atoms with Crippen molar-refractivity contribution in [1.82, 2.24) is 10.3 Å². The van der Waals surface area contributed by atoms with E-state index in [1.165, 1.54) is 6.42 Å². The maximum atomic E-state index is 13.3. The molecule has 0 aliphatic heterocycles. The molecule has 0 saturated heterocycles. The van der Waals surface area contributed by atoms with Gasteiger partial charge in [0.1, 0.15) is 5.69 Å². The highest BCUT2D eigenvalue weighted by atomic mass is 19.2. The fourth-order valence-electron chi connectivity index (χ4n) is 2.76. The molecule has 8 heteroatoms. The number of anilines is 1. The predicted molar refractivity (Wildman–Crippen MR) is 76.8 cm³/mol. The number of amides is 1. The Hall–Kier alpha value is -1.86. The molecule has 1 aromatic rings. The number of hydrogen-bond donors (Lipinski definition) is 2. The number of halogens is 4. The molecule has 4 nitrogen and oxygen atoms in total. The lowest BCUT2D eigenvalue weighted by Gasteiger charge is -2.20. The standard InChI is InChI=1S/C15H19F4N3O/c16-11-13(12(17)15(19)22-14(11)18)21-7-6-20-10(23)8-9-4-2-1-3-5-9/h9H,1-8H2,(H,20,23)(H,21,22). The first kappa shape index (κ1) is 17.5. The zero-order valence-corrected chi connectivity index (χ0v) is 12.6. The van der Waals surface area contributed by atoms with Crippen molar-refractivity contribution in [3.8, 4) is 0 Å². The second-order valence-corrected chi connectivity index (χ2v) is 5.68. The van der Waals surface area contributed by atoms with E-state index in [1.807, 2.05) is 0 Å². The van der Waals surface area contributed by atoms with Crippen LogP contribution in [0.3, 0.4) is 0 Å². The molecule has 0 bridgehead atoms. The number of carbonyl (C=O) groups excluding carboxylic acids is 1. The molecule has 2 rings (SSSR count). The van der Waals surface area contributed by atoms with Crippen LogP contribution < -0.4 is 10.6 Å². The number of rotatable bonds is 6. The number of hydrogen-bond acceptors (Lipinski definition) is 3. The molecule has 0 atom stereocenters. The molecule has 1 heterocycles. The van der Waals surface area contributed by atoms with Gasteiger partial charge in [0, 0.05) is 19.5 Å². The Bertz CT molecular complexity index is 536. The van der Waals surface area contributed by atoms with Crippen molar-refractivity contribution in [3.63, 3.8) is 0 Å². The molecular formula is C15H19F4N3O. The van der Waals surface area contributed by atoms with E-state index in [-0.39, 0.29) is 19.0 Å². The van der Waals surface area contributed by atoms with E-state index >= 15 is 0 Å². The van der Waals surface area contributed by atoms with Crippen molar-refractivity contribution in [3.05, 3.63) is 23.5 Å². The van der Waals surface area contributed by atoms with Gasteiger partial charge >= 0.3 is 0 Å². The number of carbonyl (C=O) groups is 1. The number of nitrogens with one attached hydrogen (secondary N) is 2. The molecule has 0 radical (unpaired) electrons. The van der Waals surface area contributed by atoms with Gasteiger partial charge in [-0.05, 0) is 18.8 Å². The van der Waals surface area contributed by atoms with Crippen LogP contribution in [0.15, 0.2) is 0 Å². The van der Waals surface area contributed by atoms with Crippen LogP contribution in [-0.4, -0.2) is 24.0 Å². The van der Waals surface area contributed by atoms with E-state index in [0.717, 1.165) is 25.7 Å². The molecule has 1 amide bonds. The van der Waals surface area contributed by atoms with Crippen LogP contribution >= 0.6 is 0 Å². The van der Waals surface area contributed by atoms with E-state index in [9.17, 15) is 22.4 Å². The Morgan fingerprint density at radius 1 is 1.00 bits per heavy atom. The van der Waals surface area contributed by atoms with Crippen LogP contribution in [0.2, 0.25) is 0 Å². The molecule has 1 aliphatic carbocycles. The minimum Gasteiger partial charge on any atom is -0.378 e. The number of pyridine rings is 1. The van der Waals surface area contributed by atoms with Gasteiger partial charge in [-0.2, -0.15) is 22.5 Å². The maximum Gasteiger partial charge on any atom is 0.253 e. The van der Waals surface area contributed by atoms with Crippen molar-refractivity contribution >= 4 is 11.6 Å². The Labute approximate surface area is 131 Å². The van der Waals surface area contributed by atoms with Crippen molar-refractivity contribution in [2.75, 3.05) is 18.4 Å². The Balaban J connectivity index is 1.76. The normalized spacial score (nSPS) is 15.5. The Morgan fingerprint density at radius 3 is 2.22 bits per heavy atom. The first-order valence-corrected chi connectivity index (χ1v) is 7.69. The monoisotopic (exact) mass is 333 g/mol. The highest BCUT2D eigenvalue weighted by Gasteiger charge is 2.20. The molecule has 2 N–H and O–H groups in total. The van der Waals surface area contributed by atoms with Gasteiger partial charge in [0.05, 0.1) is 0 Å². The zero-order chi connectivity index (χ0) is 16.8. The lowest BCUT2D eigenvalue weighted by molar-refractivity contribution is -0.122. The predicted octanol–water partition coefficient (Wildman–Crippen LogP) is 3.14. The first-order valence-electron chi connectivity index (χ1n) is 7.69. The smallest absolute Gasteiger partial charge is 0.253 e. The number of nitrogens with zero attached hydrogens (tertiary/aromatic N) is 1. The number of aromatic nitrogens is 1. The third-order valence-corrected chi connectivity index (χ3v) is 3.95. The molecule has 1 saturated carbocycles. The van der Waals surface area contributed by atoms with Crippen LogP contribution in [0.1, 0.15) is 38.5 Å². The highest BCUT2D eigenvalue weighted by Crippen LogP contribution is 2.26. The molecule has 128 valence electrons. The summed E-state index contributed by atoms with van der Waals surface area (Å²) >= 11 is 0. The fraction of sp³-hybridized carbons (Fsp3) is 0.600. The summed E-state index contributed by atoms with van der Waals surface area (Å²) in [6.45, 7) is 0.0309. The molecule has 0 spiro atoms. The Kier molecular flexibility index (Phi) is 6.18. The van der Waals surface area contributed by atoms with E-state index < -0.39 is 29.2 Å². The summed E-state index contributed by atoms with van der Waals surface area (Å²) in [6.07, 6.45) is 5.99. The molecule has 0 aromatic carbocycles. The van der Waals surface area contributed by atoms with Gasteiger partial charge in [0.2, 0.25) is 17.5 Å². The van der Waals surface area contributed by atoms with E-state index in [4.69, 9.17) is 0 Å². The van der Waals surface area contributed by atoms with Gasteiger partial charge in [-0.15, -0.1) is 0 Å². The van der Waals surface area contributed by atoms with E-state index in [0.29, 0.717) is 12.3 Å². The Morgan fingerprint density at radius 2 is 1.61 bits per heavy atom. The molecule has 23 heavy (non-hydrogen) atoms. The summed E-state index contributed by atoms with van der Waals surface area (Å²) < 4.78 is 52.5. The van der Waals surface area contributed by atoms with Crippen LogP contribution in [0, 0.1) is 29.4 Å². The van der Waals surface area contributed by atoms with Crippen molar-refractivity contribution in [2.45, 2.75) is 38.5 Å². The van der Waals surface area contributed by atoms with Gasteiger partial charge in [0.15, 0.2) is 0 Å². The first-order chi connectivity index (χ1) is 11.0. The van der Waals surface area contributed by atoms with Gasteiger partial charge < -0.3 is 10.6 Å². The van der Waals surface area contributed by atoms with Crippen LogP contribution in [0.25, 0.3) is 0 Å². The lowest BCUT2D eigenvalue weighted by atomic mass is 9.87. The summed E-state index contributed by atoms with van der Waals surface area (Å²) in [5.41, 5.74) is -0.920. The third kappa shape index (κ3) is 4.80. The summed E-state index contributed by atoms with van der Waals surface area (Å²) in [6, 6.07) is 0. The maximum absolute atomic E-state index is 13.3. The van der Waals surface area contributed by atoms with Gasteiger partial charge in [-0.1, -0.05) is 19.3 Å². The summed E-state index contributed by atoms with van der Waals surface area (Å²) in [5, 5.41) is 4.86. The van der Waals surface area contributed by atoms with Crippen LogP contribution in [0.5, 0.6) is 0 Å². The average molecular weight is 333 g/mol. The molecule has 0 unspecified atom stereocenters. The van der Waals surface area contributed by atoms with Crippen molar-refractivity contribution in [1.29, 1.82) is 0 Å². The van der Waals surface area contributed by atoms with Crippen molar-refractivity contribution in [2.24, 2.45) is 5.92 Å². The second kappa shape index (κ2) is 8.12. The minimum atomic E-state index is -1.72. The second-order valence-electron chi connectivity index (χ2n) is 5.68. The van der Waals surface area contributed by atoms with Crippen LogP contribution in [-0.2, 0) is 4.79 Å². The minimum absolute atomic E-state index is 0.0624. The molecule has 1 fully saturated rings. The summed E-state index contributed by atoms with van der Waals surface area (Å²) in [7, 11) is 0. The van der Waals surface area contributed by atoms with Gasteiger partial charge in [-0.3, -0.25) is 4.79 Å². The largest absolute Gasteiger partial charge is 0.378 e. The van der Waals surface area contributed by atoms with Gasteiger partial charge in [-0.25, -0.2) is 0 Å². The lowest BCUT2D eigenvalue weighted by Crippen LogP contribution is -2.31. The SMILES string of the molecule is O=C(CC1CCCCC1)NCCNc1c(F)c(F)nc(F)c1F. The molecule has 1 aliphatic rings. The van der Waals surface area contributed by atoms with Crippen LogP contribution in [0.4, 0.5) is 23.2 Å². The van der Waals surface area contributed by atoms with Crippen molar-refractivity contribution < 1.29 is 22.4 Å². The summed E-state index contributed by atoms with van der Waals surface area (Å²) in [4.78, 5) is 14.2. The summed E-state index contributed by atoms with van der Waals surface area (Å²) in [5.74, 6) is -6.35. The average Bonchev–Trinajstić information content (AvgIpc) is 2.53. The highest BCUT2D eigenvalue weighted by molar-refractivity contribution is 5.76. The van der Waals surface area contributed by atoms with E-state index in [2.05, 4.69) is 15.6 Å². The third-order valence-electron chi connectivity index (χ3n) is 3.95. The quantitative estimate of drug-likeness (QED) is 0.478. The molecular weight excluding hydrogens is 314 g/mol. The van der Waals surface area contributed by atoms with E-state index in [1.54, 1.807) is 0 Å². The zero-order valence-electron chi connectivity index (χ0n) is 12.6. The topological polar surface area (TPSA) is 54.0 Å². The fourth-order valence-corrected chi connectivity index (χ4v) is 2.76.